The van der Waals surface area contributed by atoms with Crippen molar-refractivity contribution < 1.29 is 19.1 Å². The first-order valence-electron chi connectivity index (χ1n) is 13.4. The summed E-state index contributed by atoms with van der Waals surface area (Å²) in [6.45, 7) is 7.86. The molecule has 40 heavy (non-hydrogen) atoms. The smallest absolute Gasteiger partial charge is 0.249 e. The number of ether oxygens (including phenoxy) is 2. The van der Waals surface area contributed by atoms with Crippen LogP contribution in [0.15, 0.2) is 66.7 Å². The number of carbonyl (C=O) groups is 2. The standard InChI is InChI=1S/C31H37N5O4/c1-7-21-13-9-11-15-24(21)36(28(37)20-35-25-16-12-10-14-23(25)33-34-35)29(30(38)32-31(3,4)8-2)22-17-18-26(39-5)27(19-22)40-6/h9-19,29H,7-8,20H2,1-6H3,(H,32,38)/t29-/m1/s1. The van der Waals surface area contributed by atoms with Crippen molar-refractivity contribution >= 4 is 28.5 Å². The predicted octanol–water partition coefficient (Wildman–Crippen LogP) is 5.09. The van der Waals surface area contributed by atoms with E-state index in [1.54, 1.807) is 42.0 Å². The molecule has 3 aromatic carbocycles. The van der Waals surface area contributed by atoms with Crippen molar-refractivity contribution in [2.45, 2.75) is 58.7 Å². The van der Waals surface area contributed by atoms with Gasteiger partial charge in [-0.1, -0.05) is 55.5 Å². The van der Waals surface area contributed by atoms with Crippen LogP contribution in [0.5, 0.6) is 11.5 Å². The molecular formula is C31H37N5O4. The summed E-state index contributed by atoms with van der Waals surface area (Å²) in [7, 11) is 3.10. The molecule has 0 saturated carbocycles. The van der Waals surface area contributed by atoms with Crippen LogP contribution < -0.4 is 19.7 Å². The second kappa shape index (κ2) is 12.2. The molecule has 1 aromatic heterocycles. The van der Waals surface area contributed by atoms with Gasteiger partial charge in [0, 0.05) is 11.2 Å². The summed E-state index contributed by atoms with van der Waals surface area (Å²) in [6, 6.07) is 19.4. The lowest BCUT2D eigenvalue weighted by Crippen LogP contribution is -2.51. The SMILES string of the molecule is CCc1ccccc1N(C(=O)Cn1nnc2ccccc21)[C@@H](C(=O)NC(C)(C)CC)c1ccc(OC)c(OC)c1. The molecule has 9 nitrogen and oxygen atoms in total. The number of hydrogen-bond acceptors (Lipinski definition) is 6. The van der Waals surface area contributed by atoms with Gasteiger partial charge in [0.25, 0.3) is 0 Å². The Morgan fingerprint density at radius 3 is 2.38 bits per heavy atom. The van der Waals surface area contributed by atoms with Crippen LogP contribution >= 0.6 is 0 Å². The van der Waals surface area contributed by atoms with E-state index in [0.29, 0.717) is 41.1 Å². The van der Waals surface area contributed by atoms with Crippen molar-refractivity contribution in [3.8, 4) is 11.5 Å². The van der Waals surface area contributed by atoms with Crippen LogP contribution in [0.1, 0.15) is 51.3 Å². The van der Waals surface area contributed by atoms with E-state index in [-0.39, 0.29) is 18.4 Å². The third kappa shape index (κ3) is 5.93. The van der Waals surface area contributed by atoms with Crippen molar-refractivity contribution in [3.63, 3.8) is 0 Å². The summed E-state index contributed by atoms with van der Waals surface area (Å²) in [5, 5.41) is 11.6. The number of aromatic nitrogens is 3. The number of aryl methyl sites for hydroxylation is 1. The summed E-state index contributed by atoms with van der Waals surface area (Å²) in [5.41, 5.74) is 3.11. The Morgan fingerprint density at radius 2 is 1.68 bits per heavy atom. The quantitative estimate of drug-likeness (QED) is 0.283. The highest BCUT2D eigenvalue weighted by Gasteiger charge is 2.36. The molecule has 0 radical (unpaired) electrons. The highest BCUT2D eigenvalue weighted by molar-refractivity contribution is 6.02. The molecule has 1 atom stereocenters. The average Bonchev–Trinajstić information content (AvgIpc) is 3.37. The summed E-state index contributed by atoms with van der Waals surface area (Å²) in [5.74, 6) is 0.383. The van der Waals surface area contributed by atoms with Gasteiger partial charge in [-0.3, -0.25) is 14.5 Å². The molecule has 0 saturated heterocycles. The largest absolute Gasteiger partial charge is 0.493 e. The molecule has 0 spiro atoms. The van der Waals surface area contributed by atoms with Crippen LogP contribution in [0.3, 0.4) is 0 Å². The van der Waals surface area contributed by atoms with Gasteiger partial charge in [-0.05, 0) is 68.1 Å². The van der Waals surface area contributed by atoms with Crippen molar-refractivity contribution in [2.24, 2.45) is 0 Å². The summed E-state index contributed by atoms with van der Waals surface area (Å²) >= 11 is 0. The molecule has 210 valence electrons. The number of nitrogens with zero attached hydrogens (tertiary/aromatic N) is 4. The number of benzene rings is 3. The minimum Gasteiger partial charge on any atom is -0.493 e. The van der Waals surface area contributed by atoms with Gasteiger partial charge in [-0.25, -0.2) is 4.68 Å². The van der Waals surface area contributed by atoms with E-state index < -0.39 is 11.6 Å². The fraction of sp³-hybridized carbons (Fsp3) is 0.355. The zero-order valence-corrected chi connectivity index (χ0v) is 24.0. The van der Waals surface area contributed by atoms with E-state index in [1.807, 2.05) is 76.2 Å². The average molecular weight is 544 g/mol. The predicted molar refractivity (Wildman–Crippen MR) is 156 cm³/mol. The number of para-hydroxylation sites is 2. The first kappa shape index (κ1) is 28.6. The number of carbonyl (C=O) groups excluding carboxylic acids is 2. The third-order valence-electron chi connectivity index (χ3n) is 7.18. The number of amides is 2. The fourth-order valence-electron chi connectivity index (χ4n) is 4.63. The van der Waals surface area contributed by atoms with Gasteiger partial charge in [0.2, 0.25) is 11.8 Å². The van der Waals surface area contributed by atoms with E-state index in [1.165, 1.54) is 0 Å². The van der Waals surface area contributed by atoms with Gasteiger partial charge in [-0.15, -0.1) is 5.10 Å². The normalized spacial score (nSPS) is 12.2. The zero-order valence-electron chi connectivity index (χ0n) is 24.0. The molecule has 0 aliphatic heterocycles. The van der Waals surface area contributed by atoms with E-state index in [9.17, 15) is 9.59 Å². The first-order chi connectivity index (χ1) is 19.2. The first-order valence-corrected chi connectivity index (χ1v) is 13.4. The molecule has 4 rings (SSSR count). The van der Waals surface area contributed by atoms with Crippen LogP contribution in [0.25, 0.3) is 11.0 Å². The van der Waals surface area contributed by atoms with Crippen LogP contribution in [0.4, 0.5) is 5.69 Å². The maximum absolute atomic E-state index is 14.4. The topological polar surface area (TPSA) is 98.6 Å². The Morgan fingerprint density at radius 1 is 0.975 bits per heavy atom. The van der Waals surface area contributed by atoms with Crippen LogP contribution in [0.2, 0.25) is 0 Å². The number of anilines is 1. The highest BCUT2D eigenvalue weighted by Crippen LogP contribution is 2.36. The molecule has 0 aliphatic rings. The van der Waals surface area contributed by atoms with Crippen molar-refractivity contribution in [3.05, 3.63) is 77.9 Å². The summed E-state index contributed by atoms with van der Waals surface area (Å²) in [4.78, 5) is 30.1. The maximum Gasteiger partial charge on any atom is 0.249 e. The number of hydrogen-bond donors (Lipinski definition) is 1. The van der Waals surface area contributed by atoms with Gasteiger partial charge in [0.15, 0.2) is 11.5 Å². The van der Waals surface area contributed by atoms with Gasteiger partial charge in [0.05, 0.1) is 19.7 Å². The van der Waals surface area contributed by atoms with E-state index in [2.05, 4.69) is 15.6 Å². The van der Waals surface area contributed by atoms with Gasteiger partial charge in [0.1, 0.15) is 18.1 Å². The Labute approximate surface area is 235 Å². The third-order valence-corrected chi connectivity index (χ3v) is 7.18. The lowest BCUT2D eigenvalue weighted by Gasteiger charge is -2.35. The van der Waals surface area contributed by atoms with Crippen LogP contribution in [0, 0.1) is 0 Å². The van der Waals surface area contributed by atoms with Crippen LogP contribution in [-0.2, 0) is 22.6 Å². The van der Waals surface area contributed by atoms with E-state index >= 15 is 0 Å². The molecule has 9 heteroatoms. The van der Waals surface area contributed by atoms with Crippen molar-refractivity contribution in [1.29, 1.82) is 0 Å². The van der Waals surface area contributed by atoms with Crippen molar-refractivity contribution in [1.82, 2.24) is 20.3 Å². The van der Waals surface area contributed by atoms with Gasteiger partial charge >= 0.3 is 0 Å². The van der Waals surface area contributed by atoms with Gasteiger partial charge < -0.3 is 14.8 Å². The molecule has 4 aromatic rings. The molecule has 0 aliphatic carbocycles. The summed E-state index contributed by atoms with van der Waals surface area (Å²) < 4.78 is 12.6. The van der Waals surface area contributed by atoms with Crippen molar-refractivity contribution in [2.75, 3.05) is 19.1 Å². The molecular weight excluding hydrogens is 506 g/mol. The number of nitrogens with one attached hydrogen (secondary N) is 1. The van der Waals surface area contributed by atoms with E-state index in [0.717, 1.165) is 11.1 Å². The molecule has 0 bridgehead atoms. The lowest BCUT2D eigenvalue weighted by molar-refractivity contribution is -0.128. The zero-order chi connectivity index (χ0) is 28.9. The molecule has 0 unspecified atom stereocenters. The highest BCUT2D eigenvalue weighted by atomic mass is 16.5. The minimum absolute atomic E-state index is 0.104. The number of methoxy groups -OCH3 is 2. The Bertz CT molecular complexity index is 1500. The van der Waals surface area contributed by atoms with Gasteiger partial charge in [-0.2, -0.15) is 0 Å². The molecule has 1 heterocycles. The van der Waals surface area contributed by atoms with Crippen LogP contribution in [-0.4, -0.2) is 46.6 Å². The lowest BCUT2D eigenvalue weighted by atomic mass is 9.97. The number of fused-ring (bicyclic) bond motifs is 1. The van der Waals surface area contributed by atoms with E-state index in [4.69, 9.17) is 9.47 Å². The molecule has 0 fully saturated rings. The minimum atomic E-state index is -0.999. The molecule has 1 N–H and O–H groups in total. The second-order valence-electron chi connectivity index (χ2n) is 10.2. The fourth-order valence-corrected chi connectivity index (χ4v) is 4.63. The monoisotopic (exact) mass is 543 g/mol. The summed E-state index contributed by atoms with van der Waals surface area (Å²) in [6.07, 6.45) is 1.38. The Balaban J connectivity index is 1.90. The second-order valence-corrected chi connectivity index (χ2v) is 10.2. The molecule has 2 amide bonds. The number of rotatable bonds is 11. The Kier molecular flexibility index (Phi) is 8.72. The maximum atomic E-state index is 14.4. The Hall–Kier alpha value is -4.40.